The van der Waals surface area contributed by atoms with Gasteiger partial charge in [-0.3, -0.25) is 4.79 Å². The zero-order valence-corrected chi connectivity index (χ0v) is 11.7. The molecule has 2 rings (SSSR count). The number of benzene rings is 1. The molecule has 1 aromatic heterocycles. The van der Waals surface area contributed by atoms with Gasteiger partial charge in [-0.1, -0.05) is 13.3 Å². The number of carbonyl (C=O) groups is 1. The van der Waals surface area contributed by atoms with E-state index >= 15 is 0 Å². The Labute approximate surface area is 118 Å². The first-order chi connectivity index (χ1) is 9.61. The van der Waals surface area contributed by atoms with Crippen molar-refractivity contribution < 1.29 is 13.6 Å². The topological polar surface area (TPSA) is 33.5 Å². The molecule has 0 unspecified atom stereocenters. The minimum atomic E-state index is -0.295. The average molecular weight is 275 g/mol. The van der Waals surface area contributed by atoms with Crippen molar-refractivity contribution in [3.63, 3.8) is 0 Å². The maximum absolute atomic E-state index is 12.9. The highest BCUT2D eigenvalue weighted by Crippen LogP contribution is 2.23. The van der Waals surface area contributed by atoms with Gasteiger partial charge >= 0.3 is 0 Å². The maximum Gasteiger partial charge on any atom is 0.289 e. The van der Waals surface area contributed by atoms with Gasteiger partial charge in [-0.25, -0.2) is 4.39 Å². The third kappa shape index (κ3) is 3.26. The van der Waals surface area contributed by atoms with Gasteiger partial charge in [0.05, 0.1) is 0 Å². The Morgan fingerprint density at radius 1 is 1.20 bits per heavy atom. The van der Waals surface area contributed by atoms with Crippen molar-refractivity contribution in [1.29, 1.82) is 0 Å². The molecule has 0 aliphatic heterocycles. The smallest absolute Gasteiger partial charge is 0.289 e. The summed E-state index contributed by atoms with van der Waals surface area (Å²) in [6.45, 7) is 2.79. The summed E-state index contributed by atoms with van der Waals surface area (Å²) in [6, 6.07) is 9.38. The highest BCUT2D eigenvalue weighted by molar-refractivity contribution is 5.91. The van der Waals surface area contributed by atoms with Crippen LogP contribution in [-0.2, 0) is 0 Å². The average Bonchev–Trinajstić information content (AvgIpc) is 2.94. The van der Waals surface area contributed by atoms with Crippen molar-refractivity contribution in [2.24, 2.45) is 0 Å². The van der Waals surface area contributed by atoms with Gasteiger partial charge < -0.3 is 9.32 Å². The van der Waals surface area contributed by atoms with Crippen LogP contribution < -0.4 is 0 Å². The Morgan fingerprint density at radius 3 is 2.55 bits per heavy atom. The van der Waals surface area contributed by atoms with Crippen molar-refractivity contribution >= 4 is 5.91 Å². The maximum atomic E-state index is 12.9. The Bertz CT molecular complexity index is 574. The van der Waals surface area contributed by atoms with Gasteiger partial charge in [0.25, 0.3) is 5.91 Å². The van der Waals surface area contributed by atoms with E-state index in [2.05, 4.69) is 6.92 Å². The lowest BCUT2D eigenvalue weighted by molar-refractivity contribution is 0.0763. The number of unbranched alkanes of at least 4 members (excludes halogenated alkanes) is 1. The predicted octanol–water partition coefficient (Wildman–Crippen LogP) is 3.96. The molecule has 0 bridgehead atoms. The van der Waals surface area contributed by atoms with Crippen LogP contribution in [0.15, 0.2) is 40.8 Å². The molecule has 1 heterocycles. The number of furan rings is 1. The van der Waals surface area contributed by atoms with Crippen LogP contribution in [0.25, 0.3) is 11.3 Å². The summed E-state index contributed by atoms with van der Waals surface area (Å²) in [7, 11) is 1.76. The molecule has 0 radical (unpaired) electrons. The first-order valence-electron chi connectivity index (χ1n) is 6.73. The van der Waals surface area contributed by atoms with E-state index < -0.39 is 0 Å². The summed E-state index contributed by atoms with van der Waals surface area (Å²) >= 11 is 0. The van der Waals surface area contributed by atoms with Crippen molar-refractivity contribution in [3.8, 4) is 11.3 Å². The molecule has 0 atom stereocenters. The van der Waals surface area contributed by atoms with Crippen molar-refractivity contribution in [3.05, 3.63) is 48.0 Å². The van der Waals surface area contributed by atoms with E-state index in [1.54, 1.807) is 36.2 Å². The molecule has 0 aliphatic rings. The van der Waals surface area contributed by atoms with E-state index in [-0.39, 0.29) is 11.7 Å². The molecule has 0 aliphatic carbocycles. The number of nitrogens with zero attached hydrogens (tertiary/aromatic N) is 1. The normalized spacial score (nSPS) is 10.6. The monoisotopic (exact) mass is 275 g/mol. The summed E-state index contributed by atoms with van der Waals surface area (Å²) in [5.74, 6) is 0.447. The zero-order valence-electron chi connectivity index (χ0n) is 11.7. The molecule has 1 aromatic carbocycles. The van der Waals surface area contributed by atoms with Gasteiger partial charge in [-0.05, 0) is 42.8 Å². The van der Waals surface area contributed by atoms with Gasteiger partial charge in [-0.15, -0.1) is 0 Å². The highest BCUT2D eigenvalue weighted by Gasteiger charge is 2.16. The summed E-state index contributed by atoms with van der Waals surface area (Å²) < 4.78 is 18.4. The number of hydrogen-bond acceptors (Lipinski definition) is 2. The van der Waals surface area contributed by atoms with Crippen LogP contribution in [0.5, 0.6) is 0 Å². The minimum Gasteiger partial charge on any atom is -0.451 e. The molecule has 0 N–H and O–H groups in total. The van der Waals surface area contributed by atoms with Crippen molar-refractivity contribution in [2.45, 2.75) is 19.8 Å². The largest absolute Gasteiger partial charge is 0.451 e. The second kappa shape index (κ2) is 6.37. The lowest BCUT2D eigenvalue weighted by Crippen LogP contribution is -2.27. The zero-order chi connectivity index (χ0) is 14.5. The van der Waals surface area contributed by atoms with E-state index in [0.717, 1.165) is 18.4 Å². The molecule has 0 saturated heterocycles. The molecule has 0 spiro atoms. The van der Waals surface area contributed by atoms with Crippen LogP contribution in [0, 0.1) is 5.82 Å². The lowest BCUT2D eigenvalue weighted by Gasteiger charge is -2.14. The number of rotatable bonds is 5. The SMILES string of the molecule is CCCCN(C)C(=O)c1ccc(-c2ccc(F)cc2)o1. The standard InChI is InChI=1S/C16H18FNO2/c1-3-4-11-18(2)16(19)15-10-9-14(20-15)12-5-7-13(17)8-6-12/h5-10H,3-4,11H2,1-2H3. The Morgan fingerprint density at radius 2 is 1.90 bits per heavy atom. The lowest BCUT2D eigenvalue weighted by atomic mass is 10.2. The Balaban J connectivity index is 2.12. The summed E-state index contributed by atoms with van der Waals surface area (Å²) in [5.41, 5.74) is 0.752. The molecule has 0 fully saturated rings. The van der Waals surface area contributed by atoms with Crippen LogP contribution in [0.1, 0.15) is 30.3 Å². The summed E-state index contributed by atoms with van der Waals surface area (Å²) in [4.78, 5) is 13.8. The van der Waals surface area contributed by atoms with Crippen LogP contribution in [-0.4, -0.2) is 24.4 Å². The van der Waals surface area contributed by atoms with E-state index in [1.165, 1.54) is 12.1 Å². The predicted molar refractivity (Wildman–Crippen MR) is 76.0 cm³/mol. The molecular weight excluding hydrogens is 257 g/mol. The fourth-order valence-electron chi connectivity index (χ4n) is 1.91. The van der Waals surface area contributed by atoms with E-state index in [9.17, 15) is 9.18 Å². The van der Waals surface area contributed by atoms with Crippen LogP contribution >= 0.6 is 0 Å². The fraction of sp³-hybridized carbons (Fsp3) is 0.312. The highest BCUT2D eigenvalue weighted by atomic mass is 19.1. The Hall–Kier alpha value is -2.10. The number of hydrogen-bond donors (Lipinski definition) is 0. The third-order valence-electron chi connectivity index (χ3n) is 3.14. The quantitative estimate of drug-likeness (QED) is 0.827. The minimum absolute atomic E-state index is 0.133. The molecule has 20 heavy (non-hydrogen) atoms. The fourth-order valence-corrected chi connectivity index (χ4v) is 1.91. The van der Waals surface area contributed by atoms with Gasteiger partial charge in [0.15, 0.2) is 5.76 Å². The second-order valence-electron chi connectivity index (χ2n) is 4.75. The van der Waals surface area contributed by atoms with Crippen LogP contribution in [0.2, 0.25) is 0 Å². The second-order valence-corrected chi connectivity index (χ2v) is 4.75. The molecule has 1 amide bonds. The van der Waals surface area contributed by atoms with Gasteiger partial charge in [0, 0.05) is 19.2 Å². The molecule has 106 valence electrons. The Kier molecular flexibility index (Phi) is 4.56. The van der Waals surface area contributed by atoms with Crippen LogP contribution in [0.4, 0.5) is 4.39 Å². The third-order valence-corrected chi connectivity index (χ3v) is 3.14. The first-order valence-corrected chi connectivity index (χ1v) is 6.73. The first kappa shape index (κ1) is 14.3. The molecular formula is C16H18FNO2. The number of amides is 1. The van der Waals surface area contributed by atoms with Gasteiger partial charge in [0.2, 0.25) is 0 Å². The molecule has 4 heteroatoms. The number of halogens is 1. The van der Waals surface area contributed by atoms with E-state index in [4.69, 9.17) is 4.42 Å². The van der Waals surface area contributed by atoms with Crippen molar-refractivity contribution in [2.75, 3.05) is 13.6 Å². The summed E-state index contributed by atoms with van der Waals surface area (Å²) in [6.07, 6.45) is 2.00. The number of carbonyl (C=O) groups excluding carboxylic acids is 1. The van der Waals surface area contributed by atoms with Gasteiger partial charge in [0.1, 0.15) is 11.6 Å². The summed E-state index contributed by atoms with van der Waals surface area (Å²) in [5, 5.41) is 0. The van der Waals surface area contributed by atoms with E-state index in [1.807, 2.05) is 0 Å². The molecule has 2 aromatic rings. The van der Waals surface area contributed by atoms with Gasteiger partial charge in [-0.2, -0.15) is 0 Å². The molecule has 0 saturated carbocycles. The van der Waals surface area contributed by atoms with Crippen molar-refractivity contribution in [1.82, 2.24) is 4.90 Å². The van der Waals surface area contributed by atoms with Crippen LogP contribution in [0.3, 0.4) is 0 Å². The molecule has 3 nitrogen and oxygen atoms in total. The van der Waals surface area contributed by atoms with E-state index in [0.29, 0.717) is 18.1 Å².